The van der Waals surface area contributed by atoms with E-state index in [1.54, 1.807) is 0 Å². The summed E-state index contributed by atoms with van der Waals surface area (Å²) >= 11 is 5.54. The van der Waals surface area contributed by atoms with Crippen LogP contribution < -0.4 is 5.32 Å². The van der Waals surface area contributed by atoms with Crippen LogP contribution in [0.3, 0.4) is 0 Å². The highest BCUT2D eigenvalue weighted by Crippen LogP contribution is 2.39. The van der Waals surface area contributed by atoms with Crippen molar-refractivity contribution < 1.29 is 0 Å². The standard InChI is InChI=1S/C14H23BrN2S/c1-4-16-13(12-11(15)7-10-18-12)14(2,3)17-8-5-6-9-17/h7,10,13,16H,4-6,8-9H2,1-3H3. The number of likely N-dealkylation sites (N-methyl/N-ethyl adjacent to an activating group) is 1. The van der Waals surface area contributed by atoms with E-state index in [9.17, 15) is 0 Å². The maximum Gasteiger partial charge on any atom is 0.0607 e. The third kappa shape index (κ3) is 2.82. The number of hydrogen-bond donors (Lipinski definition) is 1. The summed E-state index contributed by atoms with van der Waals surface area (Å²) in [6.07, 6.45) is 2.68. The van der Waals surface area contributed by atoms with E-state index >= 15 is 0 Å². The molecule has 2 rings (SSSR count). The summed E-state index contributed by atoms with van der Waals surface area (Å²) in [7, 11) is 0. The van der Waals surface area contributed by atoms with E-state index in [-0.39, 0.29) is 5.54 Å². The zero-order valence-corrected chi connectivity index (χ0v) is 13.9. The van der Waals surface area contributed by atoms with Gasteiger partial charge in [-0.2, -0.15) is 0 Å². The fraction of sp³-hybridized carbons (Fsp3) is 0.714. The Morgan fingerprint density at radius 2 is 2.11 bits per heavy atom. The van der Waals surface area contributed by atoms with E-state index in [0.717, 1.165) is 6.54 Å². The third-order valence-electron chi connectivity index (χ3n) is 3.94. The highest BCUT2D eigenvalue weighted by atomic mass is 79.9. The average Bonchev–Trinajstić information content (AvgIpc) is 2.96. The number of rotatable bonds is 5. The van der Waals surface area contributed by atoms with Crippen LogP contribution in [0.5, 0.6) is 0 Å². The van der Waals surface area contributed by atoms with Crippen molar-refractivity contribution in [2.75, 3.05) is 19.6 Å². The molecule has 0 aliphatic carbocycles. The molecular weight excluding hydrogens is 308 g/mol. The number of thiophene rings is 1. The highest BCUT2D eigenvalue weighted by molar-refractivity contribution is 9.10. The summed E-state index contributed by atoms with van der Waals surface area (Å²) in [5.41, 5.74) is 0.167. The Kier molecular flexibility index (Phi) is 4.86. The minimum atomic E-state index is 0.167. The lowest BCUT2D eigenvalue weighted by Gasteiger charge is -2.42. The number of nitrogens with one attached hydrogen (secondary N) is 1. The van der Waals surface area contributed by atoms with Crippen LogP contribution in [0.2, 0.25) is 0 Å². The first kappa shape index (κ1) is 14.5. The molecule has 102 valence electrons. The SMILES string of the molecule is CCNC(c1sccc1Br)C(C)(C)N1CCCC1. The highest BCUT2D eigenvalue weighted by Gasteiger charge is 2.38. The van der Waals surface area contributed by atoms with E-state index in [4.69, 9.17) is 0 Å². The Morgan fingerprint density at radius 3 is 2.61 bits per heavy atom. The molecule has 0 radical (unpaired) electrons. The first-order valence-corrected chi connectivity index (χ1v) is 8.46. The zero-order valence-electron chi connectivity index (χ0n) is 11.5. The molecule has 1 N–H and O–H groups in total. The molecule has 0 aromatic carbocycles. The second-order valence-electron chi connectivity index (χ2n) is 5.47. The molecule has 1 fully saturated rings. The van der Waals surface area contributed by atoms with E-state index < -0.39 is 0 Å². The Hall–Kier alpha value is 0.1000. The summed E-state index contributed by atoms with van der Waals surface area (Å²) < 4.78 is 1.24. The van der Waals surface area contributed by atoms with Gasteiger partial charge >= 0.3 is 0 Å². The Labute approximate surface area is 123 Å². The molecule has 2 nitrogen and oxygen atoms in total. The lowest BCUT2D eigenvalue weighted by atomic mass is 9.91. The molecule has 1 aromatic heterocycles. The summed E-state index contributed by atoms with van der Waals surface area (Å²) in [5, 5.41) is 5.85. The van der Waals surface area contributed by atoms with Crippen LogP contribution in [0.1, 0.15) is 44.5 Å². The van der Waals surface area contributed by atoms with Crippen LogP contribution in [0.25, 0.3) is 0 Å². The zero-order chi connectivity index (χ0) is 13.2. The number of nitrogens with zero attached hydrogens (tertiary/aromatic N) is 1. The van der Waals surface area contributed by atoms with Gasteiger partial charge in [0.15, 0.2) is 0 Å². The van der Waals surface area contributed by atoms with E-state index in [1.165, 1.54) is 35.3 Å². The van der Waals surface area contributed by atoms with Crippen LogP contribution in [-0.4, -0.2) is 30.1 Å². The molecule has 1 atom stereocenters. The monoisotopic (exact) mass is 330 g/mol. The molecule has 1 unspecified atom stereocenters. The maximum absolute atomic E-state index is 3.69. The molecule has 1 aromatic rings. The van der Waals surface area contributed by atoms with Gasteiger partial charge in [0.2, 0.25) is 0 Å². The van der Waals surface area contributed by atoms with Gasteiger partial charge in [-0.05, 0) is 73.7 Å². The molecule has 1 aliphatic heterocycles. The molecular formula is C14H23BrN2S. The first-order valence-electron chi connectivity index (χ1n) is 6.78. The summed E-state index contributed by atoms with van der Waals surface area (Å²) in [4.78, 5) is 4.06. The van der Waals surface area contributed by atoms with Crippen molar-refractivity contribution in [3.8, 4) is 0 Å². The fourth-order valence-corrected chi connectivity index (χ4v) is 4.71. The van der Waals surface area contributed by atoms with Crippen LogP contribution in [-0.2, 0) is 0 Å². The molecule has 1 aliphatic rings. The van der Waals surface area contributed by atoms with Crippen molar-refractivity contribution in [3.05, 3.63) is 20.8 Å². The van der Waals surface area contributed by atoms with E-state index in [2.05, 4.69) is 58.4 Å². The van der Waals surface area contributed by atoms with Crippen LogP contribution >= 0.6 is 27.3 Å². The summed E-state index contributed by atoms with van der Waals surface area (Å²) in [5.74, 6) is 0. The van der Waals surface area contributed by atoms with Gasteiger partial charge in [-0.3, -0.25) is 4.90 Å². The summed E-state index contributed by atoms with van der Waals surface area (Å²) in [6, 6.07) is 2.56. The molecule has 2 heterocycles. The summed E-state index contributed by atoms with van der Waals surface area (Å²) in [6.45, 7) is 10.4. The molecule has 0 bridgehead atoms. The largest absolute Gasteiger partial charge is 0.308 e. The van der Waals surface area contributed by atoms with Gasteiger partial charge in [-0.15, -0.1) is 11.3 Å². The second-order valence-corrected chi connectivity index (χ2v) is 7.27. The first-order chi connectivity index (χ1) is 8.57. The minimum absolute atomic E-state index is 0.167. The molecule has 4 heteroatoms. The van der Waals surface area contributed by atoms with Crippen molar-refractivity contribution in [1.29, 1.82) is 0 Å². The van der Waals surface area contributed by atoms with Gasteiger partial charge in [-0.1, -0.05) is 6.92 Å². The molecule has 0 amide bonds. The van der Waals surface area contributed by atoms with Crippen molar-refractivity contribution in [1.82, 2.24) is 10.2 Å². The van der Waals surface area contributed by atoms with Crippen molar-refractivity contribution in [3.63, 3.8) is 0 Å². The quantitative estimate of drug-likeness (QED) is 0.876. The molecule has 0 saturated carbocycles. The van der Waals surface area contributed by atoms with Crippen LogP contribution in [0.15, 0.2) is 15.9 Å². The predicted molar refractivity (Wildman–Crippen MR) is 83.3 cm³/mol. The van der Waals surface area contributed by atoms with Gasteiger partial charge in [0.25, 0.3) is 0 Å². The topological polar surface area (TPSA) is 15.3 Å². The van der Waals surface area contributed by atoms with Gasteiger partial charge in [-0.25, -0.2) is 0 Å². The van der Waals surface area contributed by atoms with Gasteiger partial charge in [0, 0.05) is 14.9 Å². The van der Waals surface area contributed by atoms with Crippen LogP contribution in [0.4, 0.5) is 0 Å². The predicted octanol–water partition coefficient (Wildman–Crippen LogP) is 4.04. The maximum atomic E-state index is 3.69. The van der Waals surface area contributed by atoms with Crippen molar-refractivity contribution >= 4 is 27.3 Å². The number of halogens is 1. The minimum Gasteiger partial charge on any atom is -0.308 e. The lowest BCUT2D eigenvalue weighted by molar-refractivity contribution is 0.109. The molecule has 1 saturated heterocycles. The Balaban J connectivity index is 2.26. The third-order valence-corrected chi connectivity index (χ3v) is 5.88. The van der Waals surface area contributed by atoms with Crippen molar-refractivity contribution in [2.45, 2.75) is 45.2 Å². The second kappa shape index (κ2) is 6.04. The van der Waals surface area contributed by atoms with E-state index in [0.29, 0.717) is 6.04 Å². The average molecular weight is 331 g/mol. The van der Waals surface area contributed by atoms with Crippen LogP contribution in [0, 0.1) is 0 Å². The Bertz CT molecular complexity index is 383. The van der Waals surface area contributed by atoms with E-state index in [1.807, 2.05) is 11.3 Å². The normalized spacial score (nSPS) is 19.3. The van der Waals surface area contributed by atoms with Gasteiger partial charge in [0.1, 0.15) is 0 Å². The van der Waals surface area contributed by atoms with Gasteiger partial charge < -0.3 is 5.32 Å². The van der Waals surface area contributed by atoms with Gasteiger partial charge in [0.05, 0.1) is 6.04 Å². The van der Waals surface area contributed by atoms with Crippen molar-refractivity contribution in [2.24, 2.45) is 0 Å². The fourth-order valence-electron chi connectivity index (χ4n) is 2.85. The Morgan fingerprint density at radius 1 is 1.44 bits per heavy atom. The molecule has 18 heavy (non-hydrogen) atoms. The smallest absolute Gasteiger partial charge is 0.0607 e. The molecule has 0 spiro atoms. The number of likely N-dealkylation sites (tertiary alicyclic amines) is 1. The lowest BCUT2D eigenvalue weighted by Crippen LogP contribution is -2.51. The number of hydrogen-bond acceptors (Lipinski definition) is 3.